The first kappa shape index (κ1) is 15.4. The second kappa shape index (κ2) is 7.72. The van der Waals surface area contributed by atoms with Gasteiger partial charge in [-0.1, -0.05) is 30.3 Å². The van der Waals surface area contributed by atoms with E-state index < -0.39 is 0 Å². The minimum atomic E-state index is 0.234. The van der Waals surface area contributed by atoms with Gasteiger partial charge >= 0.3 is 0 Å². The molecule has 0 saturated heterocycles. The quantitative estimate of drug-likeness (QED) is 0.679. The molecule has 106 valence electrons. The Labute approximate surface area is 132 Å². The summed E-state index contributed by atoms with van der Waals surface area (Å²) in [6.07, 6.45) is 1.51. The van der Waals surface area contributed by atoms with Crippen molar-refractivity contribution in [2.75, 3.05) is 13.6 Å². The highest BCUT2D eigenvalue weighted by Gasteiger charge is 2.07. The number of Topliss-reactive ketones (excluding diaryl/α,β-unsaturated/α-hetero) is 1. The van der Waals surface area contributed by atoms with Gasteiger partial charge in [-0.2, -0.15) is 0 Å². The number of thiophene rings is 1. The maximum atomic E-state index is 12.0. The molecule has 0 aliphatic heterocycles. The fourth-order valence-electron chi connectivity index (χ4n) is 2.10. The zero-order chi connectivity index (χ0) is 14.4. The van der Waals surface area contributed by atoms with Crippen LogP contribution in [0.3, 0.4) is 0 Å². The number of ketones is 1. The zero-order valence-electron chi connectivity index (χ0n) is 11.5. The standard InChI is InChI=1S/C16H18BrNOS/c1-18(11-13-10-16(17)20-12-13)9-5-8-15(19)14-6-3-2-4-7-14/h2-4,6-7,10,12H,5,8-9,11H2,1H3. The third kappa shape index (κ3) is 4.85. The highest BCUT2D eigenvalue weighted by Crippen LogP contribution is 2.21. The molecule has 0 fully saturated rings. The second-order valence-electron chi connectivity index (χ2n) is 4.89. The largest absolute Gasteiger partial charge is 0.302 e. The molecule has 0 aliphatic carbocycles. The molecule has 0 atom stereocenters. The Bertz CT molecular complexity index is 553. The molecule has 4 heteroatoms. The Hall–Kier alpha value is -0.970. The van der Waals surface area contributed by atoms with Crippen LogP contribution in [0.2, 0.25) is 0 Å². The molecule has 2 rings (SSSR count). The molecule has 0 spiro atoms. The first-order valence-corrected chi connectivity index (χ1v) is 8.32. The summed E-state index contributed by atoms with van der Waals surface area (Å²) in [6.45, 7) is 1.87. The number of benzene rings is 1. The van der Waals surface area contributed by atoms with E-state index in [2.05, 4.69) is 39.3 Å². The van der Waals surface area contributed by atoms with Crippen molar-refractivity contribution in [3.63, 3.8) is 0 Å². The van der Waals surface area contributed by atoms with Crippen LogP contribution in [0.4, 0.5) is 0 Å². The minimum absolute atomic E-state index is 0.234. The Morgan fingerprint density at radius 1 is 1.30 bits per heavy atom. The molecule has 0 unspecified atom stereocenters. The van der Waals surface area contributed by atoms with Gasteiger partial charge in [0, 0.05) is 18.5 Å². The van der Waals surface area contributed by atoms with Gasteiger partial charge in [0.15, 0.2) is 5.78 Å². The average Bonchev–Trinajstić information content (AvgIpc) is 2.85. The van der Waals surface area contributed by atoms with E-state index in [1.807, 2.05) is 30.3 Å². The molecular weight excluding hydrogens is 334 g/mol. The summed E-state index contributed by atoms with van der Waals surface area (Å²) >= 11 is 5.18. The Morgan fingerprint density at radius 3 is 2.70 bits per heavy atom. The SMILES string of the molecule is CN(CCCC(=O)c1ccccc1)Cc1csc(Br)c1. The third-order valence-corrected chi connectivity index (χ3v) is 4.67. The van der Waals surface area contributed by atoms with Crippen LogP contribution in [0.15, 0.2) is 45.6 Å². The number of halogens is 1. The molecule has 0 bridgehead atoms. The lowest BCUT2D eigenvalue weighted by Gasteiger charge is -2.15. The number of carbonyl (C=O) groups excluding carboxylic acids is 1. The molecule has 2 nitrogen and oxygen atoms in total. The summed E-state index contributed by atoms with van der Waals surface area (Å²) in [5, 5.41) is 2.16. The van der Waals surface area contributed by atoms with Crippen LogP contribution in [0.25, 0.3) is 0 Å². The summed E-state index contributed by atoms with van der Waals surface area (Å²) in [7, 11) is 2.10. The molecule has 20 heavy (non-hydrogen) atoms. The predicted molar refractivity (Wildman–Crippen MR) is 88.4 cm³/mol. The minimum Gasteiger partial charge on any atom is -0.302 e. The molecule has 0 radical (unpaired) electrons. The Morgan fingerprint density at radius 2 is 2.05 bits per heavy atom. The highest BCUT2D eigenvalue weighted by molar-refractivity contribution is 9.11. The van der Waals surface area contributed by atoms with Crippen molar-refractivity contribution in [2.24, 2.45) is 0 Å². The van der Waals surface area contributed by atoms with Gasteiger partial charge in [0.05, 0.1) is 3.79 Å². The molecule has 1 aromatic carbocycles. The van der Waals surface area contributed by atoms with E-state index in [0.717, 1.165) is 25.1 Å². The van der Waals surface area contributed by atoms with Gasteiger partial charge in [-0.3, -0.25) is 4.79 Å². The van der Waals surface area contributed by atoms with Crippen molar-refractivity contribution in [3.8, 4) is 0 Å². The van der Waals surface area contributed by atoms with Crippen LogP contribution in [-0.4, -0.2) is 24.3 Å². The Kier molecular flexibility index (Phi) is 5.95. The van der Waals surface area contributed by atoms with Gasteiger partial charge in [-0.15, -0.1) is 11.3 Å². The number of carbonyl (C=O) groups is 1. The lowest BCUT2D eigenvalue weighted by atomic mass is 10.1. The molecule has 1 aromatic heterocycles. The molecule has 0 amide bonds. The topological polar surface area (TPSA) is 20.3 Å². The number of hydrogen-bond donors (Lipinski definition) is 0. The monoisotopic (exact) mass is 351 g/mol. The lowest BCUT2D eigenvalue weighted by Crippen LogP contribution is -2.19. The van der Waals surface area contributed by atoms with Gasteiger partial charge < -0.3 is 4.90 Å². The maximum Gasteiger partial charge on any atom is 0.162 e. The van der Waals surface area contributed by atoms with E-state index in [9.17, 15) is 4.79 Å². The van der Waals surface area contributed by atoms with Crippen molar-refractivity contribution in [2.45, 2.75) is 19.4 Å². The normalized spacial score (nSPS) is 10.9. The maximum absolute atomic E-state index is 12.0. The van der Waals surface area contributed by atoms with Gasteiger partial charge in [0.2, 0.25) is 0 Å². The first-order valence-electron chi connectivity index (χ1n) is 6.65. The smallest absolute Gasteiger partial charge is 0.162 e. The summed E-state index contributed by atoms with van der Waals surface area (Å²) in [5.41, 5.74) is 2.13. The van der Waals surface area contributed by atoms with Gasteiger partial charge in [-0.25, -0.2) is 0 Å². The molecule has 2 aromatic rings. The second-order valence-corrected chi connectivity index (χ2v) is 7.18. The van der Waals surface area contributed by atoms with Crippen molar-refractivity contribution in [1.82, 2.24) is 4.90 Å². The number of nitrogens with zero attached hydrogens (tertiary/aromatic N) is 1. The number of hydrogen-bond acceptors (Lipinski definition) is 3. The number of rotatable bonds is 7. The van der Waals surface area contributed by atoms with Crippen molar-refractivity contribution in [3.05, 3.63) is 56.7 Å². The van der Waals surface area contributed by atoms with Crippen LogP contribution in [0.5, 0.6) is 0 Å². The molecule has 0 N–H and O–H groups in total. The highest BCUT2D eigenvalue weighted by atomic mass is 79.9. The van der Waals surface area contributed by atoms with Crippen molar-refractivity contribution in [1.29, 1.82) is 0 Å². The average molecular weight is 352 g/mol. The van der Waals surface area contributed by atoms with Crippen LogP contribution in [0, 0.1) is 0 Å². The first-order chi connectivity index (χ1) is 9.65. The molecular formula is C16H18BrNOS. The molecule has 0 saturated carbocycles. The lowest BCUT2D eigenvalue weighted by molar-refractivity contribution is 0.0976. The van der Waals surface area contributed by atoms with Gasteiger partial charge in [-0.05, 0) is 53.0 Å². The summed E-state index contributed by atoms with van der Waals surface area (Å²) in [6, 6.07) is 11.7. The van der Waals surface area contributed by atoms with Crippen molar-refractivity contribution >= 4 is 33.0 Å². The van der Waals surface area contributed by atoms with Crippen LogP contribution in [0.1, 0.15) is 28.8 Å². The predicted octanol–water partition coefficient (Wildman–Crippen LogP) is 4.61. The Balaban J connectivity index is 1.71. The van der Waals surface area contributed by atoms with Crippen molar-refractivity contribution < 1.29 is 4.79 Å². The molecule has 1 heterocycles. The summed E-state index contributed by atoms with van der Waals surface area (Å²) in [4.78, 5) is 14.2. The zero-order valence-corrected chi connectivity index (χ0v) is 13.9. The van der Waals surface area contributed by atoms with Crippen LogP contribution >= 0.6 is 27.3 Å². The van der Waals surface area contributed by atoms with E-state index in [-0.39, 0.29) is 5.78 Å². The summed E-state index contributed by atoms with van der Waals surface area (Å²) < 4.78 is 1.17. The van der Waals surface area contributed by atoms with E-state index in [1.54, 1.807) is 11.3 Å². The van der Waals surface area contributed by atoms with Crippen LogP contribution in [-0.2, 0) is 6.54 Å². The van der Waals surface area contributed by atoms with E-state index in [4.69, 9.17) is 0 Å². The van der Waals surface area contributed by atoms with Crippen LogP contribution < -0.4 is 0 Å². The van der Waals surface area contributed by atoms with Gasteiger partial charge in [0.1, 0.15) is 0 Å². The molecule has 0 aliphatic rings. The summed E-state index contributed by atoms with van der Waals surface area (Å²) in [5.74, 6) is 0.234. The third-order valence-electron chi connectivity index (χ3n) is 3.11. The fraction of sp³-hybridized carbons (Fsp3) is 0.312. The van der Waals surface area contributed by atoms with E-state index in [0.29, 0.717) is 6.42 Å². The van der Waals surface area contributed by atoms with E-state index >= 15 is 0 Å². The van der Waals surface area contributed by atoms with E-state index in [1.165, 1.54) is 9.35 Å². The van der Waals surface area contributed by atoms with Gasteiger partial charge in [0.25, 0.3) is 0 Å². The fourth-order valence-corrected chi connectivity index (χ4v) is 3.30.